The lowest BCUT2D eigenvalue weighted by molar-refractivity contribution is 0.0319. The number of nitrogens with one attached hydrogen (secondary N) is 1. The van der Waals surface area contributed by atoms with Gasteiger partial charge in [0, 0.05) is 19.2 Å². The first kappa shape index (κ1) is 17.8. The molecule has 0 saturated carbocycles. The zero-order valence-electron chi connectivity index (χ0n) is 13.6. The Morgan fingerprint density at radius 1 is 1.14 bits per heavy atom. The average Bonchev–Trinajstić information content (AvgIpc) is 2.42. The number of methoxy groups -OCH3 is 2. The highest BCUT2D eigenvalue weighted by Crippen LogP contribution is 2.28. The van der Waals surface area contributed by atoms with Gasteiger partial charge in [0.15, 0.2) is 11.5 Å². The summed E-state index contributed by atoms with van der Waals surface area (Å²) in [4.78, 5) is 0. The van der Waals surface area contributed by atoms with E-state index in [0.29, 0.717) is 11.5 Å². The average molecular weight is 297 g/mol. The molecule has 0 radical (unpaired) electrons. The van der Waals surface area contributed by atoms with Gasteiger partial charge in [0.05, 0.1) is 13.7 Å². The molecule has 0 spiro atoms. The van der Waals surface area contributed by atoms with Gasteiger partial charge in [0.1, 0.15) is 12.7 Å². The summed E-state index contributed by atoms with van der Waals surface area (Å²) in [7, 11) is 3.15. The van der Waals surface area contributed by atoms with E-state index < -0.39 is 6.10 Å². The lowest BCUT2D eigenvalue weighted by atomic mass is 10.1. The molecule has 5 nitrogen and oxygen atoms in total. The summed E-state index contributed by atoms with van der Waals surface area (Å²) in [5, 5.41) is 13.0. The molecule has 0 saturated heterocycles. The molecule has 0 amide bonds. The number of benzene rings is 1. The van der Waals surface area contributed by atoms with E-state index in [4.69, 9.17) is 14.2 Å². The molecule has 0 aliphatic heterocycles. The van der Waals surface area contributed by atoms with E-state index >= 15 is 0 Å². The van der Waals surface area contributed by atoms with Gasteiger partial charge in [0.2, 0.25) is 0 Å². The van der Waals surface area contributed by atoms with Crippen molar-refractivity contribution in [1.29, 1.82) is 0 Å². The molecular weight excluding hydrogens is 270 g/mol. The van der Waals surface area contributed by atoms with Crippen molar-refractivity contribution in [3.05, 3.63) is 23.8 Å². The summed E-state index contributed by atoms with van der Waals surface area (Å²) in [6.45, 7) is 7.54. The predicted molar refractivity (Wildman–Crippen MR) is 83.0 cm³/mol. The van der Waals surface area contributed by atoms with E-state index in [1.54, 1.807) is 14.2 Å². The van der Waals surface area contributed by atoms with Crippen molar-refractivity contribution in [2.45, 2.75) is 39.0 Å². The number of ether oxygens (including phenoxy) is 3. The molecule has 120 valence electrons. The van der Waals surface area contributed by atoms with Gasteiger partial charge < -0.3 is 24.6 Å². The summed E-state index contributed by atoms with van der Waals surface area (Å²) in [5.41, 5.74) is 1.18. The third-order valence-corrected chi connectivity index (χ3v) is 2.84. The number of hydrogen-bond donors (Lipinski definition) is 2. The molecular formula is C16H27NO4. The molecule has 5 heteroatoms. The molecule has 2 N–H and O–H groups in total. The van der Waals surface area contributed by atoms with Gasteiger partial charge in [-0.3, -0.25) is 0 Å². The van der Waals surface area contributed by atoms with Crippen LogP contribution in [0.15, 0.2) is 18.2 Å². The van der Waals surface area contributed by atoms with Gasteiger partial charge in [-0.15, -0.1) is 0 Å². The summed E-state index contributed by atoms with van der Waals surface area (Å²) < 4.78 is 15.8. The Labute approximate surface area is 127 Å². The summed E-state index contributed by atoms with van der Waals surface area (Å²) >= 11 is 0. The topological polar surface area (TPSA) is 60.0 Å². The van der Waals surface area contributed by atoms with E-state index in [0.717, 1.165) is 12.1 Å². The molecule has 0 aromatic heterocycles. The van der Waals surface area contributed by atoms with Crippen LogP contribution in [0.3, 0.4) is 0 Å². The van der Waals surface area contributed by atoms with Crippen molar-refractivity contribution in [1.82, 2.24) is 5.32 Å². The van der Waals surface area contributed by atoms with Gasteiger partial charge in [-0.1, -0.05) is 6.07 Å². The van der Waals surface area contributed by atoms with Crippen LogP contribution in [0.5, 0.6) is 11.5 Å². The van der Waals surface area contributed by atoms with Gasteiger partial charge in [0.25, 0.3) is 0 Å². The lowest BCUT2D eigenvalue weighted by Crippen LogP contribution is -2.35. The van der Waals surface area contributed by atoms with E-state index in [2.05, 4.69) is 26.1 Å². The molecule has 1 aromatic carbocycles. The first-order valence-electron chi connectivity index (χ1n) is 7.07. The third kappa shape index (κ3) is 6.80. The fourth-order valence-corrected chi connectivity index (χ4v) is 1.73. The summed E-state index contributed by atoms with van der Waals surface area (Å²) in [6.07, 6.45) is -0.651. The molecule has 0 heterocycles. The Morgan fingerprint density at radius 2 is 1.86 bits per heavy atom. The standard InChI is InChI=1S/C16H27NO4/c1-16(2,3)17-9-12-6-7-14(15(8-12)20-5)21-11-13(18)10-19-4/h6-8,13,17-18H,9-11H2,1-5H3. The Bertz CT molecular complexity index is 429. The number of rotatable bonds is 8. The first-order chi connectivity index (χ1) is 9.85. The van der Waals surface area contributed by atoms with Crippen molar-refractivity contribution in [3.63, 3.8) is 0 Å². The van der Waals surface area contributed by atoms with Crippen LogP contribution in [0.4, 0.5) is 0 Å². The van der Waals surface area contributed by atoms with Gasteiger partial charge in [-0.25, -0.2) is 0 Å². The van der Waals surface area contributed by atoms with Crippen LogP contribution >= 0.6 is 0 Å². The van der Waals surface area contributed by atoms with Crippen LogP contribution in [-0.2, 0) is 11.3 Å². The highest BCUT2D eigenvalue weighted by atomic mass is 16.5. The molecule has 1 unspecified atom stereocenters. The second kappa shape index (κ2) is 8.22. The zero-order valence-corrected chi connectivity index (χ0v) is 13.6. The van der Waals surface area contributed by atoms with E-state index in [1.165, 1.54) is 0 Å². The molecule has 1 atom stereocenters. The predicted octanol–water partition coefficient (Wildman–Crippen LogP) is 1.97. The number of hydrogen-bond acceptors (Lipinski definition) is 5. The number of aliphatic hydroxyl groups excluding tert-OH is 1. The highest BCUT2D eigenvalue weighted by Gasteiger charge is 2.12. The maximum Gasteiger partial charge on any atom is 0.161 e. The first-order valence-corrected chi connectivity index (χ1v) is 7.07. The van der Waals surface area contributed by atoms with E-state index in [1.807, 2.05) is 18.2 Å². The maximum atomic E-state index is 9.60. The summed E-state index contributed by atoms with van der Waals surface area (Å²) in [5.74, 6) is 1.28. The zero-order chi connectivity index (χ0) is 15.9. The Kier molecular flexibility index (Phi) is 6.95. The van der Waals surface area contributed by atoms with Crippen molar-refractivity contribution in [2.24, 2.45) is 0 Å². The van der Waals surface area contributed by atoms with Gasteiger partial charge in [-0.05, 0) is 38.5 Å². The molecule has 0 bridgehead atoms. The van der Waals surface area contributed by atoms with E-state index in [-0.39, 0.29) is 18.8 Å². The fraction of sp³-hybridized carbons (Fsp3) is 0.625. The SMILES string of the molecule is COCC(O)COc1ccc(CNC(C)(C)C)cc1OC. The highest BCUT2D eigenvalue weighted by molar-refractivity contribution is 5.43. The second-order valence-electron chi connectivity index (χ2n) is 6.01. The Hall–Kier alpha value is -1.30. The van der Waals surface area contributed by atoms with Gasteiger partial charge in [-0.2, -0.15) is 0 Å². The van der Waals surface area contributed by atoms with Crippen LogP contribution in [-0.4, -0.2) is 44.2 Å². The minimum Gasteiger partial charge on any atom is -0.493 e. The molecule has 0 aliphatic rings. The minimum absolute atomic E-state index is 0.0622. The molecule has 0 fully saturated rings. The van der Waals surface area contributed by atoms with Gasteiger partial charge >= 0.3 is 0 Å². The Morgan fingerprint density at radius 3 is 2.43 bits per heavy atom. The number of aliphatic hydroxyl groups is 1. The van der Waals surface area contributed by atoms with Crippen molar-refractivity contribution in [3.8, 4) is 11.5 Å². The molecule has 21 heavy (non-hydrogen) atoms. The second-order valence-corrected chi connectivity index (χ2v) is 6.01. The van der Waals surface area contributed by atoms with E-state index in [9.17, 15) is 5.11 Å². The monoisotopic (exact) mass is 297 g/mol. The third-order valence-electron chi connectivity index (χ3n) is 2.84. The van der Waals surface area contributed by atoms with Crippen LogP contribution < -0.4 is 14.8 Å². The molecule has 1 aromatic rings. The van der Waals surface area contributed by atoms with Crippen molar-refractivity contribution >= 4 is 0 Å². The maximum absolute atomic E-state index is 9.60. The van der Waals surface area contributed by atoms with Crippen molar-refractivity contribution < 1.29 is 19.3 Å². The molecule has 1 rings (SSSR count). The Balaban J connectivity index is 2.66. The largest absolute Gasteiger partial charge is 0.493 e. The summed E-state index contributed by atoms with van der Waals surface area (Å²) in [6, 6.07) is 5.79. The normalized spacial score (nSPS) is 13.0. The van der Waals surface area contributed by atoms with Crippen LogP contribution in [0.1, 0.15) is 26.3 Å². The van der Waals surface area contributed by atoms with Crippen molar-refractivity contribution in [2.75, 3.05) is 27.4 Å². The fourth-order valence-electron chi connectivity index (χ4n) is 1.73. The van der Waals surface area contributed by atoms with Crippen LogP contribution in [0.2, 0.25) is 0 Å². The molecule has 0 aliphatic carbocycles. The van der Waals surface area contributed by atoms with Crippen LogP contribution in [0, 0.1) is 0 Å². The quantitative estimate of drug-likeness (QED) is 0.768. The van der Waals surface area contributed by atoms with Crippen LogP contribution in [0.25, 0.3) is 0 Å². The smallest absolute Gasteiger partial charge is 0.161 e. The lowest BCUT2D eigenvalue weighted by Gasteiger charge is -2.21. The minimum atomic E-state index is -0.651.